The van der Waals surface area contributed by atoms with Crippen molar-refractivity contribution in [1.82, 2.24) is 9.29 Å². The van der Waals surface area contributed by atoms with Crippen molar-refractivity contribution in [3.05, 3.63) is 18.5 Å². The van der Waals surface area contributed by atoms with Crippen LogP contribution in [0.3, 0.4) is 0 Å². The van der Waals surface area contributed by atoms with E-state index >= 15 is 0 Å². The van der Waals surface area contributed by atoms with Crippen LogP contribution >= 0.6 is 0 Å². The van der Waals surface area contributed by atoms with Crippen molar-refractivity contribution in [3.8, 4) is 0 Å². The molecule has 0 aromatic carbocycles. The van der Waals surface area contributed by atoms with Gasteiger partial charge in [0.1, 0.15) is 4.90 Å². The predicted molar refractivity (Wildman–Crippen MR) is 80.2 cm³/mol. The zero-order chi connectivity index (χ0) is 14.6. The molecule has 1 N–H and O–H groups in total. The molecule has 0 amide bonds. The van der Waals surface area contributed by atoms with Gasteiger partial charge in [-0.1, -0.05) is 13.3 Å². The summed E-state index contributed by atoms with van der Waals surface area (Å²) in [6.07, 6.45) is 7.48. The van der Waals surface area contributed by atoms with E-state index in [9.17, 15) is 8.42 Å². The summed E-state index contributed by atoms with van der Waals surface area (Å²) in [4.78, 5) is 4.24. The van der Waals surface area contributed by atoms with Crippen LogP contribution in [0.25, 0.3) is 0 Å². The van der Waals surface area contributed by atoms with Crippen molar-refractivity contribution >= 4 is 15.7 Å². The Balaban J connectivity index is 2.18. The smallest absolute Gasteiger partial charge is 0.246 e. The quantitative estimate of drug-likeness (QED) is 0.839. The van der Waals surface area contributed by atoms with Crippen LogP contribution < -0.4 is 5.32 Å². The van der Waals surface area contributed by atoms with E-state index in [0.717, 1.165) is 25.8 Å². The molecule has 0 spiro atoms. The predicted octanol–water partition coefficient (Wildman–Crippen LogP) is 2.32. The van der Waals surface area contributed by atoms with Gasteiger partial charge in [-0.05, 0) is 31.2 Å². The Labute approximate surface area is 121 Å². The van der Waals surface area contributed by atoms with Gasteiger partial charge < -0.3 is 5.32 Å². The summed E-state index contributed by atoms with van der Waals surface area (Å²) in [7, 11) is -1.81. The maximum absolute atomic E-state index is 12.6. The van der Waals surface area contributed by atoms with Crippen molar-refractivity contribution in [2.45, 2.75) is 37.5 Å². The van der Waals surface area contributed by atoms with Gasteiger partial charge in [0.2, 0.25) is 10.0 Å². The number of nitrogens with one attached hydrogen (secondary N) is 1. The van der Waals surface area contributed by atoms with Gasteiger partial charge in [-0.25, -0.2) is 12.7 Å². The Morgan fingerprint density at radius 3 is 2.80 bits per heavy atom. The Bertz CT molecular complexity index is 541. The molecule has 1 aliphatic carbocycles. The first kappa shape index (κ1) is 15.3. The SMILES string of the molecule is CCCNc1ccncc1S(=O)(=O)N(C)CC1CCC1. The van der Waals surface area contributed by atoms with E-state index in [0.29, 0.717) is 18.2 Å². The highest BCUT2D eigenvalue weighted by molar-refractivity contribution is 7.89. The Morgan fingerprint density at radius 2 is 2.20 bits per heavy atom. The molecule has 112 valence electrons. The third kappa shape index (κ3) is 3.30. The standard InChI is InChI=1S/C14H23N3O2S/c1-3-8-16-13-7-9-15-10-14(13)20(18,19)17(2)11-12-5-4-6-12/h7,9-10,12H,3-6,8,11H2,1-2H3,(H,15,16). The first-order valence-electron chi connectivity index (χ1n) is 7.20. The van der Waals surface area contributed by atoms with E-state index in [2.05, 4.69) is 10.3 Å². The Kier molecular flexibility index (Phi) is 4.99. The van der Waals surface area contributed by atoms with Crippen molar-refractivity contribution in [2.24, 2.45) is 5.92 Å². The second-order valence-electron chi connectivity index (χ2n) is 5.38. The van der Waals surface area contributed by atoms with Crippen molar-refractivity contribution < 1.29 is 8.42 Å². The molecule has 0 unspecified atom stereocenters. The third-order valence-corrected chi connectivity index (χ3v) is 5.63. The lowest BCUT2D eigenvalue weighted by molar-refractivity contribution is 0.263. The topological polar surface area (TPSA) is 62.3 Å². The van der Waals surface area contributed by atoms with E-state index in [1.165, 1.54) is 16.9 Å². The summed E-state index contributed by atoms with van der Waals surface area (Å²) >= 11 is 0. The van der Waals surface area contributed by atoms with Crippen molar-refractivity contribution in [2.75, 3.05) is 25.5 Å². The monoisotopic (exact) mass is 297 g/mol. The molecule has 1 aromatic rings. The zero-order valence-electron chi connectivity index (χ0n) is 12.2. The van der Waals surface area contributed by atoms with Crippen LogP contribution in [0.4, 0.5) is 5.69 Å². The molecule has 1 heterocycles. The van der Waals surface area contributed by atoms with Gasteiger partial charge in [0.05, 0.1) is 5.69 Å². The molecule has 2 rings (SSSR count). The number of sulfonamides is 1. The van der Waals surface area contributed by atoms with Gasteiger partial charge in [-0.15, -0.1) is 0 Å². The fourth-order valence-corrected chi connectivity index (χ4v) is 3.65. The molecule has 0 atom stereocenters. The number of hydrogen-bond acceptors (Lipinski definition) is 4. The van der Waals surface area contributed by atoms with Crippen LogP contribution in [0.15, 0.2) is 23.4 Å². The van der Waals surface area contributed by atoms with Crippen molar-refractivity contribution in [1.29, 1.82) is 0 Å². The lowest BCUT2D eigenvalue weighted by atomic mass is 9.86. The minimum Gasteiger partial charge on any atom is -0.384 e. The van der Waals surface area contributed by atoms with Crippen molar-refractivity contribution in [3.63, 3.8) is 0 Å². The maximum Gasteiger partial charge on any atom is 0.246 e. The second kappa shape index (κ2) is 6.54. The fourth-order valence-electron chi connectivity index (χ4n) is 2.30. The van der Waals surface area contributed by atoms with Gasteiger partial charge >= 0.3 is 0 Å². The Morgan fingerprint density at radius 1 is 1.45 bits per heavy atom. The van der Waals surface area contributed by atoms with Gasteiger partial charge in [-0.2, -0.15) is 0 Å². The van der Waals surface area contributed by atoms with Crippen LogP contribution in [0, 0.1) is 5.92 Å². The van der Waals surface area contributed by atoms with Crippen LogP contribution in [-0.2, 0) is 10.0 Å². The summed E-state index contributed by atoms with van der Waals surface area (Å²) in [5.41, 5.74) is 0.641. The van der Waals surface area contributed by atoms with E-state index in [1.54, 1.807) is 19.3 Å². The number of nitrogens with zero attached hydrogens (tertiary/aromatic N) is 2. The second-order valence-corrected chi connectivity index (χ2v) is 7.39. The summed E-state index contributed by atoms with van der Waals surface area (Å²) in [6, 6.07) is 1.72. The van der Waals surface area contributed by atoms with Crippen LogP contribution in [-0.4, -0.2) is 37.8 Å². The summed E-state index contributed by atoms with van der Waals surface area (Å²) in [5, 5.41) is 3.16. The van der Waals surface area contributed by atoms with Gasteiger partial charge in [-0.3, -0.25) is 4.98 Å². The van der Waals surface area contributed by atoms with E-state index in [-0.39, 0.29) is 4.90 Å². The largest absolute Gasteiger partial charge is 0.384 e. The van der Waals surface area contributed by atoms with E-state index in [4.69, 9.17) is 0 Å². The molecule has 0 bridgehead atoms. The van der Waals surface area contributed by atoms with E-state index in [1.807, 2.05) is 6.92 Å². The Hall–Kier alpha value is -1.14. The molecule has 0 saturated heterocycles. The number of hydrogen-bond donors (Lipinski definition) is 1. The van der Waals surface area contributed by atoms with Crippen LogP contribution in [0.1, 0.15) is 32.6 Å². The summed E-state index contributed by atoms with van der Waals surface area (Å²) in [6.45, 7) is 3.40. The van der Waals surface area contributed by atoms with E-state index < -0.39 is 10.0 Å². The molecule has 1 saturated carbocycles. The minimum absolute atomic E-state index is 0.273. The molecule has 1 fully saturated rings. The summed E-state index contributed by atoms with van der Waals surface area (Å²) < 4.78 is 26.7. The molecule has 20 heavy (non-hydrogen) atoms. The van der Waals surface area contributed by atoms with Gasteiger partial charge in [0.15, 0.2) is 0 Å². The first-order valence-corrected chi connectivity index (χ1v) is 8.64. The van der Waals surface area contributed by atoms with Gasteiger partial charge in [0, 0.05) is 32.5 Å². The number of anilines is 1. The zero-order valence-corrected chi connectivity index (χ0v) is 13.0. The molecule has 1 aromatic heterocycles. The number of rotatable bonds is 7. The number of aromatic nitrogens is 1. The molecular formula is C14H23N3O2S. The maximum atomic E-state index is 12.6. The first-order chi connectivity index (χ1) is 9.55. The van der Waals surface area contributed by atoms with Crippen LogP contribution in [0.5, 0.6) is 0 Å². The number of pyridine rings is 1. The molecule has 0 radical (unpaired) electrons. The molecule has 1 aliphatic rings. The molecule has 6 heteroatoms. The van der Waals surface area contributed by atoms with Crippen LogP contribution in [0.2, 0.25) is 0 Å². The minimum atomic E-state index is -3.46. The molecular weight excluding hydrogens is 274 g/mol. The average molecular weight is 297 g/mol. The normalized spacial score (nSPS) is 16.1. The highest BCUT2D eigenvalue weighted by atomic mass is 32.2. The average Bonchev–Trinajstić information content (AvgIpc) is 2.40. The highest BCUT2D eigenvalue weighted by Gasteiger charge is 2.28. The lowest BCUT2D eigenvalue weighted by Crippen LogP contribution is -2.34. The fraction of sp³-hybridized carbons (Fsp3) is 0.643. The molecule has 0 aliphatic heterocycles. The lowest BCUT2D eigenvalue weighted by Gasteiger charge is -2.30. The van der Waals surface area contributed by atoms with Gasteiger partial charge in [0.25, 0.3) is 0 Å². The molecule has 5 nitrogen and oxygen atoms in total. The summed E-state index contributed by atoms with van der Waals surface area (Å²) in [5.74, 6) is 0.512. The third-order valence-electron chi connectivity index (χ3n) is 3.78. The highest BCUT2D eigenvalue weighted by Crippen LogP contribution is 2.29.